The summed E-state index contributed by atoms with van der Waals surface area (Å²) in [7, 11) is 0. The summed E-state index contributed by atoms with van der Waals surface area (Å²) < 4.78 is 2.33. The summed E-state index contributed by atoms with van der Waals surface area (Å²) in [4.78, 5) is 14.0. The summed E-state index contributed by atoms with van der Waals surface area (Å²) >= 11 is 6.87. The summed E-state index contributed by atoms with van der Waals surface area (Å²) in [5, 5.41) is 7.90. The lowest BCUT2D eigenvalue weighted by Gasteiger charge is -2.25. The van der Waals surface area contributed by atoms with Gasteiger partial charge in [-0.1, -0.05) is 109 Å². The smallest absolute Gasteiger partial charge is 0.146 e. The normalized spacial score (nSPS) is 13.4. The maximum absolute atomic E-state index is 6.87. The fourth-order valence-electron chi connectivity index (χ4n) is 5.81. The maximum atomic E-state index is 6.87. The van der Waals surface area contributed by atoms with Crippen molar-refractivity contribution in [2.75, 3.05) is 0 Å². The maximum Gasteiger partial charge on any atom is 0.146 e. The zero-order chi connectivity index (χ0) is 26.0. The molecule has 3 aromatic heterocycles. The average Bonchev–Trinajstić information content (AvgIpc) is 3.41. The second kappa shape index (κ2) is 8.54. The molecule has 184 valence electrons. The van der Waals surface area contributed by atoms with Crippen LogP contribution >= 0.6 is 6.04 Å². The first-order valence-electron chi connectivity index (χ1n) is 12.8. The highest BCUT2D eigenvalue weighted by Gasteiger charge is 2.29. The summed E-state index contributed by atoms with van der Waals surface area (Å²) in [5.74, 6) is 0. The molecule has 0 saturated carbocycles. The number of benzene rings is 5. The topological polar surface area (TPSA) is 43.1 Å². The van der Waals surface area contributed by atoms with E-state index in [0.717, 1.165) is 54.4 Å². The molecule has 0 spiro atoms. The Morgan fingerprint density at radius 1 is 0.641 bits per heavy atom. The van der Waals surface area contributed by atoms with E-state index in [2.05, 4.69) is 124 Å². The first-order valence-corrected chi connectivity index (χ1v) is 15.6. The van der Waals surface area contributed by atoms with Gasteiger partial charge in [0.2, 0.25) is 0 Å². The Labute approximate surface area is 229 Å². The molecule has 8 rings (SSSR count). The van der Waals surface area contributed by atoms with Crippen LogP contribution < -0.4 is 15.9 Å². The van der Waals surface area contributed by atoms with E-state index < -0.39 is 6.04 Å². The van der Waals surface area contributed by atoms with Gasteiger partial charge in [0.15, 0.2) is 0 Å². The Morgan fingerprint density at radius 3 is 2.28 bits per heavy atom. The van der Waals surface area contributed by atoms with Crippen molar-refractivity contribution in [3.63, 3.8) is 0 Å². The van der Waals surface area contributed by atoms with Crippen LogP contribution in [0.25, 0.3) is 49.3 Å². The molecule has 1 atom stereocenters. The van der Waals surface area contributed by atoms with Crippen molar-refractivity contribution in [3.05, 3.63) is 128 Å². The number of imidazole rings is 1. The van der Waals surface area contributed by atoms with E-state index >= 15 is 0 Å². The number of hydrogen-bond donors (Lipinski definition) is 0. The van der Waals surface area contributed by atoms with E-state index in [1.54, 1.807) is 6.33 Å². The minimum absolute atomic E-state index is 0.898. The third-order valence-electron chi connectivity index (χ3n) is 7.57. The predicted molar refractivity (Wildman–Crippen MR) is 167 cm³/mol. The Bertz CT molecular complexity index is 2270. The zero-order valence-corrected chi connectivity index (χ0v) is 22.5. The lowest BCUT2D eigenvalue weighted by molar-refractivity contribution is 1.22. The largest absolute Gasteiger partial charge is 0.291 e. The lowest BCUT2D eigenvalue weighted by atomic mass is 10.1. The molecular formula is C33H21N4PS. The molecule has 0 fully saturated rings. The molecule has 6 heteroatoms. The van der Waals surface area contributed by atoms with Gasteiger partial charge in [-0.2, -0.15) is 0 Å². The quantitative estimate of drug-likeness (QED) is 0.191. The molecule has 0 aliphatic carbocycles. The molecule has 3 heterocycles. The van der Waals surface area contributed by atoms with Crippen molar-refractivity contribution < 1.29 is 0 Å². The number of para-hydroxylation sites is 2. The number of nitrogens with zero attached hydrogens (tertiary/aromatic N) is 4. The molecule has 0 aliphatic rings. The van der Waals surface area contributed by atoms with Gasteiger partial charge in [-0.3, -0.25) is 4.40 Å². The van der Waals surface area contributed by atoms with Crippen molar-refractivity contribution in [2.45, 2.75) is 0 Å². The summed E-state index contributed by atoms with van der Waals surface area (Å²) in [5.41, 5.74) is 5.00. The molecule has 8 aromatic rings. The van der Waals surface area contributed by atoms with Crippen LogP contribution in [-0.2, 0) is 11.8 Å². The molecule has 5 aromatic carbocycles. The third-order valence-corrected chi connectivity index (χ3v) is 12.5. The average molecular weight is 537 g/mol. The number of fused-ring (bicyclic) bond motifs is 9. The van der Waals surface area contributed by atoms with Gasteiger partial charge in [-0.15, -0.1) is 0 Å². The summed E-state index contributed by atoms with van der Waals surface area (Å²) in [6.45, 7) is 0. The standard InChI is InChI=1S/C33H21N4PS/c39-38(23-9-2-1-3-10-23,24-18-17-22-20-34-21-35-29(22)19-24)31-16-8-14-28-32(31)37-30-15-7-6-12-26(30)25-11-4-5-13-27(25)33(37)36-28/h1-21H. The molecule has 0 bridgehead atoms. The number of rotatable bonds is 3. The van der Waals surface area contributed by atoms with Gasteiger partial charge in [0.25, 0.3) is 0 Å². The van der Waals surface area contributed by atoms with Gasteiger partial charge in [0, 0.05) is 33.7 Å². The highest BCUT2D eigenvalue weighted by atomic mass is 32.4. The van der Waals surface area contributed by atoms with Gasteiger partial charge in [0.05, 0.1) is 22.1 Å². The number of aromatic nitrogens is 4. The van der Waals surface area contributed by atoms with E-state index in [4.69, 9.17) is 16.8 Å². The zero-order valence-electron chi connectivity index (χ0n) is 20.8. The second-order valence-corrected chi connectivity index (χ2v) is 14.1. The lowest BCUT2D eigenvalue weighted by Crippen LogP contribution is -2.26. The van der Waals surface area contributed by atoms with Crippen molar-refractivity contribution >= 4 is 83.0 Å². The molecular weight excluding hydrogens is 515 g/mol. The SMILES string of the molecule is S=P(c1ccccc1)(c1ccc2cncnc2c1)c1cccc2nc3c4ccccc4c4ccccc4n3c12. The van der Waals surface area contributed by atoms with E-state index in [9.17, 15) is 0 Å². The molecule has 0 amide bonds. The van der Waals surface area contributed by atoms with Crippen molar-refractivity contribution in [2.24, 2.45) is 0 Å². The Balaban J connectivity index is 1.57. The van der Waals surface area contributed by atoms with Crippen LogP contribution in [0.15, 0.2) is 128 Å². The van der Waals surface area contributed by atoms with E-state index in [0.29, 0.717) is 0 Å². The van der Waals surface area contributed by atoms with Crippen LogP contribution in [0.2, 0.25) is 0 Å². The van der Waals surface area contributed by atoms with E-state index in [-0.39, 0.29) is 0 Å². The fraction of sp³-hybridized carbons (Fsp3) is 0. The van der Waals surface area contributed by atoms with Crippen LogP contribution in [0.1, 0.15) is 0 Å². The van der Waals surface area contributed by atoms with Crippen LogP contribution in [-0.4, -0.2) is 19.4 Å². The number of hydrogen-bond acceptors (Lipinski definition) is 4. The molecule has 4 nitrogen and oxygen atoms in total. The second-order valence-electron chi connectivity index (χ2n) is 9.69. The summed E-state index contributed by atoms with van der Waals surface area (Å²) in [6, 6.07) is 37.9. The monoisotopic (exact) mass is 536 g/mol. The molecule has 0 N–H and O–H groups in total. The van der Waals surface area contributed by atoms with Crippen LogP contribution in [0.3, 0.4) is 0 Å². The summed E-state index contributed by atoms with van der Waals surface area (Å²) in [6.07, 6.45) is 3.45. The van der Waals surface area contributed by atoms with Crippen LogP contribution in [0.5, 0.6) is 0 Å². The van der Waals surface area contributed by atoms with Crippen molar-refractivity contribution in [1.82, 2.24) is 19.4 Å². The Kier molecular flexibility index (Phi) is 4.93. The molecule has 0 aliphatic heterocycles. The molecule has 1 unspecified atom stereocenters. The van der Waals surface area contributed by atoms with Crippen molar-refractivity contribution in [3.8, 4) is 0 Å². The van der Waals surface area contributed by atoms with Gasteiger partial charge in [-0.05, 0) is 34.2 Å². The van der Waals surface area contributed by atoms with Gasteiger partial charge in [-0.25, -0.2) is 15.0 Å². The Morgan fingerprint density at radius 2 is 1.41 bits per heavy atom. The van der Waals surface area contributed by atoms with Crippen molar-refractivity contribution in [1.29, 1.82) is 0 Å². The van der Waals surface area contributed by atoms with Gasteiger partial charge < -0.3 is 0 Å². The molecule has 39 heavy (non-hydrogen) atoms. The Hall–Kier alpha value is -4.44. The van der Waals surface area contributed by atoms with Crippen LogP contribution in [0, 0.1) is 0 Å². The number of pyridine rings is 1. The fourth-order valence-corrected chi connectivity index (χ4v) is 9.80. The minimum Gasteiger partial charge on any atom is -0.291 e. The first kappa shape index (κ1) is 22.5. The van der Waals surface area contributed by atoms with Crippen LogP contribution in [0.4, 0.5) is 0 Å². The molecule has 0 radical (unpaired) electrons. The minimum atomic E-state index is -2.52. The van der Waals surface area contributed by atoms with E-state index in [1.165, 1.54) is 10.8 Å². The predicted octanol–water partition coefficient (Wildman–Crippen LogP) is 6.49. The van der Waals surface area contributed by atoms with Gasteiger partial charge in [0.1, 0.15) is 12.0 Å². The molecule has 0 saturated heterocycles. The van der Waals surface area contributed by atoms with Gasteiger partial charge >= 0.3 is 0 Å². The first-order chi connectivity index (χ1) is 19.2. The third kappa shape index (κ3) is 3.24. The van der Waals surface area contributed by atoms with E-state index in [1.807, 2.05) is 12.3 Å². The highest BCUT2D eigenvalue weighted by molar-refractivity contribution is 8.25. The highest BCUT2D eigenvalue weighted by Crippen LogP contribution is 2.46.